The predicted octanol–water partition coefficient (Wildman–Crippen LogP) is 6.35. The molecular formula is C27H32O4. The summed E-state index contributed by atoms with van der Waals surface area (Å²) in [7, 11) is 0. The average molecular weight is 421 g/mol. The molecule has 1 N–H and O–H groups in total. The van der Waals surface area contributed by atoms with E-state index >= 15 is 0 Å². The van der Waals surface area contributed by atoms with Crippen molar-refractivity contribution in [3.05, 3.63) is 71.4 Å². The van der Waals surface area contributed by atoms with Crippen LogP contribution in [0.4, 0.5) is 0 Å². The van der Waals surface area contributed by atoms with Crippen LogP contribution in [0.5, 0.6) is 11.5 Å². The zero-order valence-corrected chi connectivity index (χ0v) is 18.5. The number of ether oxygens (including phenoxy) is 2. The second-order valence-electron chi connectivity index (χ2n) is 9.47. The Balaban J connectivity index is 1.42. The summed E-state index contributed by atoms with van der Waals surface area (Å²) in [5.41, 5.74) is 5.05. The van der Waals surface area contributed by atoms with Crippen molar-refractivity contribution in [1.29, 1.82) is 0 Å². The van der Waals surface area contributed by atoms with Gasteiger partial charge in [0.05, 0.1) is 13.0 Å². The van der Waals surface area contributed by atoms with Gasteiger partial charge >= 0.3 is 5.97 Å². The summed E-state index contributed by atoms with van der Waals surface area (Å²) in [6.07, 6.45) is 14.0. The zero-order chi connectivity index (χ0) is 22.0. The third-order valence-corrected chi connectivity index (χ3v) is 6.67. The smallest absolute Gasteiger partial charge is 0.304 e. The number of hydrogen-bond acceptors (Lipinski definition) is 3. The third kappa shape index (κ3) is 4.79. The maximum Gasteiger partial charge on any atom is 0.304 e. The van der Waals surface area contributed by atoms with Crippen LogP contribution in [0.15, 0.2) is 65.8 Å². The van der Waals surface area contributed by atoms with E-state index in [-0.39, 0.29) is 23.9 Å². The number of allylic oxidation sites excluding steroid dienone is 6. The van der Waals surface area contributed by atoms with Gasteiger partial charge in [-0.25, -0.2) is 0 Å². The van der Waals surface area contributed by atoms with Gasteiger partial charge in [-0.3, -0.25) is 4.79 Å². The summed E-state index contributed by atoms with van der Waals surface area (Å²) < 4.78 is 12.0. The maximum absolute atomic E-state index is 11.1. The lowest BCUT2D eigenvalue weighted by Crippen LogP contribution is -2.16. The predicted molar refractivity (Wildman–Crippen MR) is 123 cm³/mol. The molecule has 4 rings (SSSR count). The Morgan fingerprint density at radius 3 is 2.94 bits per heavy atom. The summed E-state index contributed by atoms with van der Waals surface area (Å²) >= 11 is 0. The fourth-order valence-electron chi connectivity index (χ4n) is 4.85. The molecule has 3 aliphatic rings. The highest BCUT2D eigenvalue weighted by atomic mass is 16.5. The quantitative estimate of drug-likeness (QED) is 0.603. The molecule has 0 fully saturated rings. The minimum atomic E-state index is -0.802. The van der Waals surface area contributed by atoms with Gasteiger partial charge in [0, 0.05) is 24.0 Å². The first kappa shape index (κ1) is 21.5. The molecule has 0 saturated carbocycles. The van der Waals surface area contributed by atoms with Crippen LogP contribution in [0.2, 0.25) is 0 Å². The molecule has 164 valence electrons. The van der Waals surface area contributed by atoms with Gasteiger partial charge in [-0.05, 0) is 53.9 Å². The van der Waals surface area contributed by atoms with Crippen molar-refractivity contribution >= 4 is 5.97 Å². The Morgan fingerprint density at radius 2 is 2.19 bits per heavy atom. The fourth-order valence-corrected chi connectivity index (χ4v) is 4.85. The van der Waals surface area contributed by atoms with E-state index in [1.54, 1.807) is 0 Å². The molecular weight excluding hydrogens is 388 g/mol. The highest BCUT2D eigenvalue weighted by Crippen LogP contribution is 2.45. The van der Waals surface area contributed by atoms with Crippen LogP contribution in [0, 0.1) is 5.41 Å². The molecule has 4 heteroatoms. The highest BCUT2D eigenvalue weighted by Gasteiger charge is 2.31. The molecule has 0 amide bonds. The van der Waals surface area contributed by atoms with Crippen molar-refractivity contribution in [2.45, 2.75) is 64.4 Å². The summed E-state index contributed by atoms with van der Waals surface area (Å²) in [5, 5.41) is 9.08. The number of carbonyl (C=O) groups is 1. The lowest BCUT2D eigenvalue weighted by Gasteiger charge is -2.26. The van der Waals surface area contributed by atoms with Crippen LogP contribution in [0.25, 0.3) is 0 Å². The Morgan fingerprint density at radius 1 is 1.35 bits per heavy atom. The van der Waals surface area contributed by atoms with Gasteiger partial charge in [0.25, 0.3) is 0 Å². The van der Waals surface area contributed by atoms with E-state index in [1.807, 2.05) is 18.2 Å². The van der Waals surface area contributed by atoms with Gasteiger partial charge in [0.1, 0.15) is 17.6 Å². The second-order valence-corrected chi connectivity index (χ2v) is 9.47. The molecule has 0 aromatic heterocycles. The number of hydrogen-bond donors (Lipinski definition) is 1. The van der Waals surface area contributed by atoms with Crippen LogP contribution in [0.3, 0.4) is 0 Å². The van der Waals surface area contributed by atoms with E-state index in [4.69, 9.17) is 14.6 Å². The molecule has 0 unspecified atom stereocenters. The lowest BCUT2D eigenvalue weighted by molar-refractivity contribution is -0.137. The maximum atomic E-state index is 11.1. The van der Waals surface area contributed by atoms with E-state index in [9.17, 15) is 4.79 Å². The topological polar surface area (TPSA) is 55.8 Å². The Hall–Kier alpha value is -2.75. The first-order chi connectivity index (χ1) is 14.8. The lowest BCUT2D eigenvalue weighted by atomic mass is 9.79. The molecule has 1 heterocycles. The molecule has 1 aromatic carbocycles. The second kappa shape index (κ2) is 8.78. The normalized spacial score (nSPS) is 27.6. The van der Waals surface area contributed by atoms with E-state index in [1.165, 1.54) is 23.1 Å². The molecule has 31 heavy (non-hydrogen) atoms. The summed E-state index contributed by atoms with van der Waals surface area (Å²) in [5.74, 6) is 0.623. The molecule has 0 radical (unpaired) electrons. The van der Waals surface area contributed by atoms with E-state index in [2.05, 4.69) is 44.7 Å². The molecule has 0 spiro atoms. The van der Waals surface area contributed by atoms with Crippen molar-refractivity contribution < 1.29 is 19.4 Å². The largest absolute Gasteiger partial charge is 0.492 e. The Labute approximate surface area is 185 Å². The molecule has 1 aromatic rings. The van der Waals surface area contributed by atoms with Gasteiger partial charge in [-0.2, -0.15) is 0 Å². The Kier molecular flexibility index (Phi) is 6.08. The van der Waals surface area contributed by atoms with Gasteiger partial charge in [-0.15, -0.1) is 0 Å². The highest BCUT2D eigenvalue weighted by molar-refractivity contribution is 5.68. The summed E-state index contributed by atoms with van der Waals surface area (Å²) in [6, 6.07) is 5.78. The Bertz CT molecular complexity index is 963. The molecule has 2 aliphatic carbocycles. The fraction of sp³-hybridized carbons (Fsp3) is 0.444. The van der Waals surface area contributed by atoms with E-state index in [0.29, 0.717) is 6.61 Å². The van der Waals surface area contributed by atoms with Crippen molar-refractivity contribution in [2.24, 2.45) is 5.41 Å². The molecule has 0 saturated heterocycles. The van der Waals surface area contributed by atoms with Crippen LogP contribution in [-0.2, 0) is 4.79 Å². The van der Waals surface area contributed by atoms with Crippen LogP contribution in [0.1, 0.15) is 63.9 Å². The minimum absolute atomic E-state index is 0.0561. The monoisotopic (exact) mass is 420 g/mol. The molecule has 2 atom stereocenters. The van der Waals surface area contributed by atoms with Crippen molar-refractivity contribution in [3.63, 3.8) is 0 Å². The van der Waals surface area contributed by atoms with Gasteiger partial charge in [0.15, 0.2) is 0 Å². The molecule has 0 bridgehead atoms. The first-order valence-electron chi connectivity index (χ1n) is 11.2. The minimum Gasteiger partial charge on any atom is -0.492 e. The molecule has 1 aliphatic heterocycles. The van der Waals surface area contributed by atoms with E-state index < -0.39 is 5.97 Å². The van der Waals surface area contributed by atoms with Gasteiger partial charge < -0.3 is 14.6 Å². The summed E-state index contributed by atoms with van der Waals surface area (Å²) in [4.78, 5) is 11.1. The number of fused-ring (bicyclic) bond motifs is 1. The number of carboxylic acid groups (broad SMARTS) is 1. The molecule has 4 nitrogen and oxygen atoms in total. The average Bonchev–Trinajstić information content (AvgIpc) is 3.28. The standard InChI is InChI=1S/C27H32O4/c1-18-10-11-20(7-4-5-8-22(18)24-9-6-14-27(24,2)3)31-21-12-13-23-19(15-26(28)29)17-30-25(23)16-21/h4-5,8-9,12-13,16,19-20H,1,6-7,10-11,14-15,17H2,2-3H3,(H,28,29)/b5-4-,22-8+/t19-,20+/m1/s1. The van der Waals surface area contributed by atoms with Crippen molar-refractivity contribution in [2.75, 3.05) is 6.61 Å². The van der Waals surface area contributed by atoms with E-state index in [0.717, 1.165) is 42.7 Å². The van der Waals surface area contributed by atoms with Crippen LogP contribution < -0.4 is 9.47 Å². The number of aliphatic carboxylic acids is 1. The first-order valence-corrected chi connectivity index (χ1v) is 11.2. The third-order valence-electron chi connectivity index (χ3n) is 6.67. The van der Waals surface area contributed by atoms with Gasteiger partial charge in [0.2, 0.25) is 0 Å². The SMILES string of the molecule is C=C1CC[C@@H](Oc2ccc3c(c2)OC[C@H]3CC(=O)O)C/C=C\C=C/1C1=CCCC1(C)C. The van der Waals surface area contributed by atoms with Crippen molar-refractivity contribution in [1.82, 2.24) is 0 Å². The van der Waals surface area contributed by atoms with Crippen LogP contribution in [-0.4, -0.2) is 23.8 Å². The number of rotatable bonds is 5. The summed E-state index contributed by atoms with van der Waals surface area (Å²) in [6.45, 7) is 9.45. The number of benzene rings is 1. The number of carboxylic acids is 1. The van der Waals surface area contributed by atoms with Crippen molar-refractivity contribution in [3.8, 4) is 11.5 Å². The van der Waals surface area contributed by atoms with Crippen LogP contribution >= 0.6 is 0 Å². The zero-order valence-electron chi connectivity index (χ0n) is 18.5. The van der Waals surface area contributed by atoms with Gasteiger partial charge in [-0.1, -0.05) is 50.8 Å².